The number of nitrogens with zero attached hydrogens (tertiary/aromatic N) is 6. The highest BCUT2D eigenvalue weighted by atomic mass is 32.1. The number of unbranched alkanes of at least 4 members (excludes halogenated alkanes) is 1. The first kappa shape index (κ1) is 28.6. The molecule has 0 fully saturated rings. The number of carbonyl (C=O) groups excluding carboxylic acids is 2. The van der Waals surface area contributed by atoms with E-state index in [9.17, 15) is 22.8 Å². The second-order valence-electron chi connectivity index (χ2n) is 8.69. The monoisotopic (exact) mass is 574 g/mol. The molecule has 0 spiro atoms. The molecule has 0 aliphatic carbocycles. The summed E-state index contributed by atoms with van der Waals surface area (Å²) >= 11 is 1.15. The molecule has 210 valence electrons. The normalized spacial score (nSPS) is 11.3. The van der Waals surface area contributed by atoms with Crippen molar-refractivity contribution in [3.63, 3.8) is 0 Å². The van der Waals surface area contributed by atoms with Gasteiger partial charge in [0, 0.05) is 37.9 Å². The van der Waals surface area contributed by atoms with Crippen LogP contribution in [0.2, 0.25) is 0 Å². The molecule has 4 aromatic rings. The lowest BCUT2D eigenvalue weighted by molar-refractivity contribution is -0.274. The van der Waals surface area contributed by atoms with E-state index in [4.69, 9.17) is 0 Å². The highest BCUT2D eigenvalue weighted by molar-refractivity contribution is 7.13. The van der Waals surface area contributed by atoms with Crippen molar-refractivity contribution in [2.45, 2.75) is 52.2 Å². The van der Waals surface area contributed by atoms with E-state index in [0.29, 0.717) is 30.1 Å². The van der Waals surface area contributed by atoms with E-state index in [-0.39, 0.29) is 28.9 Å². The van der Waals surface area contributed by atoms with E-state index in [1.807, 2.05) is 19.1 Å². The van der Waals surface area contributed by atoms with E-state index in [0.717, 1.165) is 35.4 Å². The molecule has 0 unspecified atom stereocenters. The van der Waals surface area contributed by atoms with Crippen LogP contribution in [0.3, 0.4) is 0 Å². The molecule has 1 aromatic carbocycles. The van der Waals surface area contributed by atoms with Crippen molar-refractivity contribution in [1.29, 1.82) is 0 Å². The van der Waals surface area contributed by atoms with Gasteiger partial charge in [0.15, 0.2) is 5.69 Å². The number of halogens is 3. The number of aryl methyl sites for hydroxylation is 3. The molecule has 2 amide bonds. The molecule has 40 heavy (non-hydrogen) atoms. The smallest absolute Gasteiger partial charge is 0.406 e. The van der Waals surface area contributed by atoms with Crippen molar-refractivity contribution < 1.29 is 27.5 Å². The Bertz CT molecular complexity index is 1440. The number of aromatic nitrogens is 6. The average molecular weight is 575 g/mol. The molecule has 3 heterocycles. The van der Waals surface area contributed by atoms with E-state index in [1.165, 1.54) is 18.2 Å². The van der Waals surface area contributed by atoms with E-state index in [2.05, 4.69) is 40.9 Å². The molecule has 0 saturated heterocycles. The molecule has 0 radical (unpaired) electrons. The van der Waals surface area contributed by atoms with Crippen LogP contribution in [0, 0.1) is 6.92 Å². The number of ether oxygens (including phenoxy) is 1. The third kappa shape index (κ3) is 8.83. The van der Waals surface area contributed by atoms with Crippen LogP contribution >= 0.6 is 11.3 Å². The largest absolute Gasteiger partial charge is 0.573 e. The summed E-state index contributed by atoms with van der Waals surface area (Å²) in [4.78, 5) is 28.9. The summed E-state index contributed by atoms with van der Waals surface area (Å²) in [5.41, 5.74) is 2.45. The van der Waals surface area contributed by atoms with Gasteiger partial charge in [0.2, 0.25) is 5.01 Å². The zero-order valence-corrected chi connectivity index (χ0v) is 22.1. The Morgan fingerprint density at radius 2 is 1.80 bits per heavy atom. The summed E-state index contributed by atoms with van der Waals surface area (Å²) in [7, 11) is 0. The van der Waals surface area contributed by atoms with Gasteiger partial charge >= 0.3 is 6.36 Å². The summed E-state index contributed by atoms with van der Waals surface area (Å²) in [6, 6.07) is 9.13. The van der Waals surface area contributed by atoms with Crippen LogP contribution in [-0.2, 0) is 26.1 Å². The van der Waals surface area contributed by atoms with E-state index < -0.39 is 12.3 Å². The number of alkyl halides is 3. The van der Waals surface area contributed by atoms with E-state index in [1.54, 1.807) is 23.1 Å². The van der Waals surface area contributed by atoms with Crippen molar-refractivity contribution >= 4 is 23.2 Å². The first-order valence-corrected chi connectivity index (χ1v) is 13.0. The number of carbonyl (C=O) groups is 2. The molecule has 3 aromatic heterocycles. The lowest BCUT2D eigenvalue weighted by Gasteiger charge is -2.10. The molecule has 11 nitrogen and oxygen atoms in total. The minimum Gasteiger partial charge on any atom is -0.406 e. The van der Waals surface area contributed by atoms with Crippen LogP contribution in [0.25, 0.3) is 0 Å². The molecule has 0 aliphatic heterocycles. The van der Waals surface area contributed by atoms with Gasteiger partial charge in [-0.2, -0.15) is 0 Å². The van der Waals surface area contributed by atoms with Crippen molar-refractivity contribution in [1.82, 2.24) is 40.8 Å². The lowest BCUT2D eigenvalue weighted by atomic mass is 10.2. The molecular formula is C25H25F3N8O3S. The maximum Gasteiger partial charge on any atom is 0.573 e. The van der Waals surface area contributed by atoms with Gasteiger partial charge in [-0.3, -0.25) is 19.3 Å². The fourth-order valence-corrected chi connectivity index (χ4v) is 4.29. The molecule has 0 atom stereocenters. The fraction of sp³-hybridized carbons (Fsp3) is 0.320. The van der Waals surface area contributed by atoms with Gasteiger partial charge in [-0.15, -0.1) is 28.5 Å². The van der Waals surface area contributed by atoms with Crippen LogP contribution in [0.1, 0.15) is 55.0 Å². The molecule has 0 bridgehead atoms. The maximum atomic E-state index is 12.4. The predicted molar refractivity (Wildman–Crippen MR) is 137 cm³/mol. The van der Waals surface area contributed by atoms with Gasteiger partial charge < -0.3 is 15.4 Å². The van der Waals surface area contributed by atoms with Crippen LogP contribution in [-0.4, -0.2) is 48.4 Å². The quantitative estimate of drug-likeness (QED) is 0.245. The summed E-state index contributed by atoms with van der Waals surface area (Å²) < 4.78 is 42.7. The van der Waals surface area contributed by atoms with Crippen molar-refractivity contribution in [2.24, 2.45) is 0 Å². The van der Waals surface area contributed by atoms with Crippen LogP contribution in [0.5, 0.6) is 5.75 Å². The Morgan fingerprint density at radius 3 is 2.58 bits per heavy atom. The molecule has 4 rings (SSSR count). The maximum absolute atomic E-state index is 12.4. The fourth-order valence-electron chi connectivity index (χ4n) is 3.49. The molecule has 0 saturated carbocycles. The Hall–Kier alpha value is -4.40. The van der Waals surface area contributed by atoms with Crippen LogP contribution in [0.4, 0.5) is 13.2 Å². The average Bonchev–Trinajstić information content (AvgIpc) is 3.59. The number of benzene rings is 1. The molecular weight excluding hydrogens is 549 g/mol. The first-order valence-electron chi connectivity index (χ1n) is 12.2. The van der Waals surface area contributed by atoms with Crippen molar-refractivity contribution in [3.05, 3.63) is 81.3 Å². The summed E-state index contributed by atoms with van der Waals surface area (Å²) in [5.74, 6) is -1.16. The first-order chi connectivity index (χ1) is 19.1. The molecule has 2 N–H and O–H groups in total. The zero-order chi connectivity index (χ0) is 28.5. The minimum atomic E-state index is -4.79. The molecule has 15 heteroatoms. The third-order valence-corrected chi connectivity index (χ3v) is 6.45. The Morgan fingerprint density at radius 1 is 1.00 bits per heavy atom. The lowest BCUT2D eigenvalue weighted by Crippen LogP contribution is -2.23. The van der Waals surface area contributed by atoms with Gasteiger partial charge in [0.1, 0.15) is 10.8 Å². The second-order valence-corrected chi connectivity index (χ2v) is 9.76. The summed E-state index contributed by atoms with van der Waals surface area (Å²) in [6.07, 6.45) is 0.566. The van der Waals surface area contributed by atoms with Gasteiger partial charge in [-0.1, -0.05) is 34.7 Å². The topological polar surface area (TPSA) is 137 Å². The highest BCUT2D eigenvalue weighted by Gasteiger charge is 2.31. The Kier molecular flexibility index (Phi) is 9.37. The minimum absolute atomic E-state index is 0.00385. The number of amides is 2. The third-order valence-electron chi connectivity index (χ3n) is 5.47. The van der Waals surface area contributed by atoms with Crippen molar-refractivity contribution in [2.75, 3.05) is 0 Å². The van der Waals surface area contributed by atoms with Gasteiger partial charge in [-0.05, 0) is 49.1 Å². The highest BCUT2D eigenvalue weighted by Crippen LogP contribution is 2.23. The van der Waals surface area contributed by atoms with Gasteiger partial charge in [0.05, 0.1) is 6.20 Å². The number of pyridine rings is 1. The zero-order valence-electron chi connectivity index (χ0n) is 21.3. The Labute approximate surface area is 230 Å². The number of hydrogen-bond acceptors (Lipinski definition) is 9. The van der Waals surface area contributed by atoms with Crippen LogP contribution < -0.4 is 15.4 Å². The summed E-state index contributed by atoms with van der Waals surface area (Å²) in [6.45, 7) is 2.78. The van der Waals surface area contributed by atoms with Gasteiger partial charge in [0.25, 0.3) is 11.8 Å². The SMILES string of the molecule is Cc1ccc(CNC(=O)c2cn(CCCCc3nnc(C(=O)NCc4cccc(OC(F)(F)F)c4)s3)nn2)cn1. The second kappa shape index (κ2) is 13.1. The standard InChI is InChI=1S/C25H25F3N8O3S/c1-16-8-9-18(13-29-16)14-30-22(37)20-15-36(35-32-20)10-3-2-7-21-33-34-24(40-21)23(38)31-12-17-5-4-6-19(11-17)39-25(26,27)28/h4-6,8-9,11,13,15H,2-3,7,10,12,14H2,1H3,(H,30,37)(H,31,38). The number of rotatable bonds is 12. The van der Waals surface area contributed by atoms with Crippen molar-refractivity contribution in [3.8, 4) is 5.75 Å². The van der Waals surface area contributed by atoms with Crippen LogP contribution in [0.15, 0.2) is 48.8 Å². The van der Waals surface area contributed by atoms with E-state index >= 15 is 0 Å². The summed E-state index contributed by atoms with van der Waals surface area (Å²) in [5, 5.41) is 22.1. The Balaban J connectivity index is 1.16. The number of nitrogens with one attached hydrogen (secondary N) is 2. The molecule has 0 aliphatic rings. The predicted octanol–water partition coefficient (Wildman–Crippen LogP) is 3.61. The number of hydrogen-bond donors (Lipinski definition) is 2. The van der Waals surface area contributed by atoms with Gasteiger partial charge in [-0.25, -0.2) is 0 Å².